The van der Waals surface area contributed by atoms with E-state index in [1.54, 1.807) is 6.08 Å². The van der Waals surface area contributed by atoms with Gasteiger partial charge in [-0.3, -0.25) is 4.79 Å². The summed E-state index contributed by atoms with van der Waals surface area (Å²) in [6.45, 7) is 4.16. The molecule has 0 saturated heterocycles. The first-order chi connectivity index (χ1) is 23.0. The van der Waals surface area contributed by atoms with Gasteiger partial charge < -0.3 is 20.6 Å². The average Bonchev–Trinajstić information content (AvgIpc) is 3.06. The molecule has 47 heavy (non-hydrogen) atoms. The Bertz CT molecular complexity index is 775. The van der Waals surface area contributed by atoms with Crippen LogP contribution < -0.4 is 5.32 Å². The van der Waals surface area contributed by atoms with Crippen LogP contribution in [0.1, 0.15) is 187 Å². The van der Waals surface area contributed by atoms with Gasteiger partial charge in [0.05, 0.1) is 31.3 Å². The predicted molar refractivity (Wildman–Crippen MR) is 204 cm³/mol. The van der Waals surface area contributed by atoms with Crippen LogP contribution in [0, 0.1) is 0 Å². The Kier molecular flexibility index (Phi) is 35.8. The van der Waals surface area contributed by atoms with Crippen LogP contribution in [-0.2, 0) is 4.79 Å². The zero-order valence-corrected chi connectivity index (χ0v) is 30.9. The minimum atomic E-state index is -0.961. The van der Waals surface area contributed by atoms with Crippen molar-refractivity contribution in [2.75, 3.05) is 6.61 Å². The van der Waals surface area contributed by atoms with Gasteiger partial charge in [-0.15, -0.1) is 0 Å². The summed E-state index contributed by atoms with van der Waals surface area (Å²) in [5, 5.41) is 33.1. The third-order valence-corrected chi connectivity index (χ3v) is 8.82. The van der Waals surface area contributed by atoms with Gasteiger partial charge in [-0.1, -0.05) is 159 Å². The average molecular weight is 660 g/mol. The number of amides is 1. The second kappa shape index (κ2) is 37.1. The lowest BCUT2D eigenvalue weighted by Gasteiger charge is -2.20. The minimum Gasteiger partial charge on any atom is -0.394 e. The van der Waals surface area contributed by atoms with Crippen molar-refractivity contribution in [1.82, 2.24) is 5.32 Å². The molecule has 0 bridgehead atoms. The highest BCUT2D eigenvalue weighted by Gasteiger charge is 2.20. The van der Waals surface area contributed by atoms with E-state index < -0.39 is 18.2 Å². The Morgan fingerprint density at radius 2 is 0.915 bits per heavy atom. The lowest BCUT2D eigenvalue weighted by Crippen LogP contribution is -2.45. The summed E-state index contributed by atoms with van der Waals surface area (Å²) in [7, 11) is 0. The van der Waals surface area contributed by atoms with Crippen LogP contribution in [0.5, 0.6) is 0 Å². The summed E-state index contributed by atoms with van der Waals surface area (Å²) in [5.74, 6) is -0.337. The predicted octanol–water partition coefficient (Wildman–Crippen LogP) is 11.0. The Morgan fingerprint density at radius 3 is 1.38 bits per heavy atom. The molecule has 5 nitrogen and oxygen atoms in total. The molecule has 0 aromatic rings. The van der Waals surface area contributed by atoms with Crippen LogP contribution in [0.4, 0.5) is 0 Å². The molecule has 0 heterocycles. The van der Waals surface area contributed by atoms with Gasteiger partial charge in [0.2, 0.25) is 5.91 Å². The molecule has 3 atom stereocenters. The molecule has 0 aliphatic rings. The SMILES string of the molecule is CCCCCC/C=C\CCCCCCCC(O)CC(=O)NC(CO)C(O)/C=C/CC/C=C/CC/C=C/CCCCCCCCCCC. The van der Waals surface area contributed by atoms with Crippen molar-refractivity contribution < 1.29 is 20.1 Å². The standard InChI is InChI=1S/C42H77NO4/c1-3-5-7-9-11-13-15-17-18-19-20-21-22-24-26-28-30-32-34-36-41(46)40(38-44)43-42(47)37-39(45)35-33-31-29-27-25-23-16-14-12-10-8-6-4-2/h14,16,20-21,26,28,34,36,39-41,44-46H,3-13,15,17-19,22-25,27,29-33,35,37-38H2,1-2H3,(H,43,47)/b16-14-,21-20+,28-26+,36-34+. The van der Waals surface area contributed by atoms with Crippen LogP contribution >= 0.6 is 0 Å². The maximum atomic E-state index is 12.4. The first-order valence-corrected chi connectivity index (χ1v) is 19.9. The highest BCUT2D eigenvalue weighted by Crippen LogP contribution is 2.13. The fraction of sp³-hybridized carbons (Fsp3) is 0.786. The molecule has 5 heteroatoms. The third-order valence-electron chi connectivity index (χ3n) is 8.82. The van der Waals surface area contributed by atoms with Crippen molar-refractivity contribution in [3.63, 3.8) is 0 Å². The molecule has 4 N–H and O–H groups in total. The molecule has 0 aromatic heterocycles. The van der Waals surface area contributed by atoms with Gasteiger partial charge in [0.15, 0.2) is 0 Å². The summed E-state index contributed by atoms with van der Waals surface area (Å²) in [6, 6.07) is -0.769. The van der Waals surface area contributed by atoms with Crippen molar-refractivity contribution >= 4 is 5.91 Å². The van der Waals surface area contributed by atoms with E-state index in [-0.39, 0.29) is 18.9 Å². The van der Waals surface area contributed by atoms with E-state index in [1.165, 1.54) is 109 Å². The fourth-order valence-corrected chi connectivity index (χ4v) is 5.72. The van der Waals surface area contributed by atoms with Crippen molar-refractivity contribution in [1.29, 1.82) is 0 Å². The van der Waals surface area contributed by atoms with E-state index >= 15 is 0 Å². The quantitative estimate of drug-likeness (QED) is 0.0402. The molecule has 0 saturated carbocycles. The van der Waals surface area contributed by atoms with Gasteiger partial charge in [-0.05, 0) is 70.6 Å². The normalized spacial score (nSPS) is 14.2. The molecule has 274 valence electrons. The number of aliphatic hydroxyl groups is 3. The third kappa shape index (κ3) is 34.0. The molecule has 0 fully saturated rings. The first kappa shape index (κ1) is 45.3. The second-order valence-electron chi connectivity index (χ2n) is 13.5. The highest BCUT2D eigenvalue weighted by atomic mass is 16.3. The van der Waals surface area contributed by atoms with Crippen molar-refractivity contribution in [2.45, 2.75) is 205 Å². The van der Waals surface area contributed by atoms with E-state index in [2.05, 4.69) is 55.6 Å². The number of hydrogen-bond donors (Lipinski definition) is 4. The Labute approximate surface area is 291 Å². The maximum absolute atomic E-state index is 12.4. The number of allylic oxidation sites excluding steroid dienone is 7. The van der Waals surface area contributed by atoms with E-state index in [1.807, 2.05) is 6.08 Å². The van der Waals surface area contributed by atoms with Crippen LogP contribution in [0.2, 0.25) is 0 Å². The van der Waals surface area contributed by atoms with Gasteiger partial charge in [0, 0.05) is 0 Å². The summed E-state index contributed by atoms with van der Waals surface area (Å²) < 4.78 is 0. The van der Waals surface area contributed by atoms with Gasteiger partial charge in [0.1, 0.15) is 0 Å². The number of aliphatic hydroxyl groups excluding tert-OH is 3. The summed E-state index contributed by atoms with van der Waals surface area (Å²) in [4.78, 5) is 12.4. The molecule has 0 rings (SSSR count). The van der Waals surface area contributed by atoms with E-state index in [0.29, 0.717) is 6.42 Å². The molecule has 0 spiro atoms. The van der Waals surface area contributed by atoms with Gasteiger partial charge in [-0.25, -0.2) is 0 Å². The first-order valence-electron chi connectivity index (χ1n) is 19.9. The maximum Gasteiger partial charge on any atom is 0.222 e. The summed E-state index contributed by atoms with van der Waals surface area (Å²) in [5.41, 5.74) is 0. The van der Waals surface area contributed by atoms with Crippen molar-refractivity contribution in [2.24, 2.45) is 0 Å². The number of rotatable bonds is 35. The zero-order valence-electron chi connectivity index (χ0n) is 30.9. The Morgan fingerprint density at radius 1 is 0.532 bits per heavy atom. The number of carbonyl (C=O) groups excluding carboxylic acids is 1. The van der Waals surface area contributed by atoms with E-state index in [9.17, 15) is 20.1 Å². The lowest BCUT2D eigenvalue weighted by atomic mass is 10.0. The Hall–Kier alpha value is -1.69. The number of unbranched alkanes of at least 4 members (excludes halogenated alkanes) is 20. The molecule has 0 aliphatic carbocycles. The smallest absolute Gasteiger partial charge is 0.222 e. The highest BCUT2D eigenvalue weighted by molar-refractivity contribution is 5.76. The fourth-order valence-electron chi connectivity index (χ4n) is 5.72. The van der Waals surface area contributed by atoms with Crippen LogP contribution in [0.25, 0.3) is 0 Å². The number of carbonyl (C=O) groups is 1. The number of hydrogen-bond acceptors (Lipinski definition) is 4. The zero-order chi connectivity index (χ0) is 34.5. The number of nitrogens with one attached hydrogen (secondary N) is 1. The topological polar surface area (TPSA) is 89.8 Å². The Balaban J connectivity index is 3.81. The summed E-state index contributed by atoms with van der Waals surface area (Å²) >= 11 is 0. The van der Waals surface area contributed by atoms with Crippen molar-refractivity contribution in [3.8, 4) is 0 Å². The van der Waals surface area contributed by atoms with Crippen LogP contribution in [0.15, 0.2) is 48.6 Å². The molecular formula is C42H77NO4. The molecular weight excluding hydrogens is 582 g/mol. The monoisotopic (exact) mass is 660 g/mol. The molecule has 0 aromatic carbocycles. The van der Waals surface area contributed by atoms with E-state index in [0.717, 1.165) is 51.4 Å². The van der Waals surface area contributed by atoms with Crippen molar-refractivity contribution in [3.05, 3.63) is 48.6 Å². The van der Waals surface area contributed by atoms with E-state index in [4.69, 9.17) is 0 Å². The van der Waals surface area contributed by atoms with Crippen LogP contribution in [-0.4, -0.2) is 46.1 Å². The molecule has 0 aliphatic heterocycles. The molecule has 3 unspecified atom stereocenters. The van der Waals surface area contributed by atoms with Gasteiger partial charge >= 0.3 is 0 Å². The minimum absolute atomic E-state index is 0.00474. The summed E-state index contributed by atoms with van der Waals surface area (Å²) in [6.07, 6.45) is 46.7. The van der Waals surface area contributed by atoms with Crippen LogP contribution in [0.3, 0.4) is 0 Å². The van der Waals surface area contributed by atoms with Gasteiger partial charge in [0.25, 0.3) is 0 Å². The second-order valence-corrected chi connectivity index (χ2v) is 13.5. The van der Waals surface area contributed by atoms with Gasteiger partial charge in [-0.2, -0.15) is 0 Å². The molecule has 0 radical (unpaired) electrons. The lowest BCUT2D eigenvalue weighted by molar-refractivity contribution is -0.124. The largest absolute Gasteiger partial charge is 0.394 e. The molecule has 1 amide bonds.